The highest BCUT2D eigenvalue weighted by atomic mass is 79.9. The summed E-state index contributed by atoms with van der Waals surface area (Å²) in [6.45, 7) is 4.39. The molecule has 1 heteroatoms. The smallest absolute Gasteiger partial charge is 0.0103 e. The second-order valence-corrected chi connectivity index (χ2v) is 5.09. The highest BCUT2D eigenvalue weighted by molar-refractivity contribution is 9.09. The van der Waals surface area contributed by atoms with Gasteiger partial charge in [-0.15, -0.1) is 0 Å². The average Bonchev–Trinajstić information content (AvgIpc) is 2.96. The summed E-state index contributed by atoms with van der Waals surface area (Å²) in [5.41, 5.74) is 4.35. The SMILES string of the molecule is Cc1ccc(C(CBr)C2CC2)cc1C. The Kier molecular flexibility index (Phi) is 2.96. The summed E-state index contributed by atoms with van der Waals surface area (Å²) in [7, 11) is 0. The van der Waals surface area contributed by atoms with E-state index in [2.05, 4.69) is 48.0 Å². The number of halogens is 1. The molecule has 0 radical (unpaired) electrons. The lowest BCUT2D eigenvalue weighted by molar-refractivity contribution is 0.677. The van der Waals surface area contributed by atoms with Crippen LogP contribution in [0.4, 0.5) is 0 Å². The zero-order valence-electron chi connectivity index (χ0n) is 8.89. The minimum atomic E-state index is 0.745. The molecule has 76 valence electrons. The largest absolute Gasteiger partial charge is 0.0921 e. The molecule has 1 saturated carbocycles. The number of hydrogen-bond acceptors (Lipinski definition) is 0. The van der Waals surface area contributed by atoms with Crippen molar-refractivity contribution in [2.45, 2.75) is 32.6 Å². The molecule has 1 aromatic rings. The van der Waals surface area contributed by atoms with Crippen molar-refractivity contribution in [3.05, 3.63) is 34.9 Å². The van der Waals surface area contributed by atoms with Crippen LogP contribution in [0.3, 0.4) is 0 Å². The van der Waals surface area contributed by atoms with Gasteiger partial charge in [-0.2, -0.15) is 0 Å². The monoisotopic (exact) mass is 252 g/mol. The molecule has 0 aromatic heterocycles. The van der Waals surface area contributed by atoms with Crippen LogP contribution < -0.4 is 0 Å². The molecule has 0 N–H and O–H groups in total. The number of benzene rings is 1. The van der Waals surface area contributed by atoms with Crippen molar-refractivity contribution in [2.24, 2.45) is 5.92 Å². The Bertz CT molecular complexity index is 326. The van der Waals surface area contributed by atoms with E-state index in [1.54, 1.807) is 0 Å². The predicted octanol–water partition coefficient (Wildman–Crippen LogP) is 4.19. The van der Waals surface area contributed by atoms with Gasteiger partial charge in [-0.3, -0.25) is 0 Å². The van der Waals surface area contributed by atoms with Gasteiger partial charge in [0.25, 0.3) is 0 Å². The van der Waals surface area contributed by atoms with Gasteiger partial charge in [0.2, 0.25) is 0 Å². The van der Waals surface area contributed by atoms with Crippen molar-refractivity contribution in [3.63, 3.8) is 0 Å². The van der Waals surface area contributed by atoms with Crippen LogP contribution in [0.1, 0.15) is 35.4 Å². The van der Waals surface area contributed by atoms with E-state index in [4.69, 9.17) is 0 Å². The van der Waals surface area contributed by atoms with Gasteiger partial charge < -0.3 is 0 Å². The van der Waals surface area contributed by atoms with E-state index in [9.17, 15) is 0 Å². The average molecular weight is 253 g/mol. The lowest BCUT2D eigenvalue weighted by Gasteiger charge is -2.14. The molecule has 1 atom stereocenters. The van der Waals surface area contributed by atoms with Gasteiger partial charge in [0.1, 0.15) is 0 Å². The molecule has 1 aromatic carbocycles. The van der Waals surface area contributed by atoms with Crippen molar-refractivity contribution in [1.82, 2.24) is 0 Å². The normalized spacial score (nSPS) is 18.2. The molecule has 1 aliphatic carbocycles. The fourth-order valence-electron chi connectivity index (χ4n) is 1.98. The maximum absolute atomic E-state index is 3.64. The van der Waals surface area contributed by atoms with Crippen LogP contribution in [0.15, 0.2) is 18.2 Å². The van der Waals surface area contributed by atoms with Gasteiger partial charge in [0, 0.05) is 5.33 Å². The maximum atomic E-state index is 3.64. The quantitative estimate of drug-likeness (QED) is 0.708. The third-order valence-corrected chi connectivity index (χ3v) is 4.01. The number of aryl methyl sites for hydroxylation is 2. The highest BCUT2D eigenvalue weighted by Crippen LogP contribution is 2.43. The Balaban J connectivity index is 2.25. The van der Waals surface area contributed by atoms with Gasteiger partial charge in [-0.1, -0.05) is 34.1 Å². The van der Waals surface area contributed by atoms with E-state index in [1.807, 2.05) is 0 Å². The number of alkyl halides is 1. The molecular formula is C13H17Br. The van der Waals surface area contributed by atoms with Crippen molar-refractivity contribution < 1.29 is 0 Å². The molecular weight excluding hydrogens is 236 g/mol. The molecule has 1 fully saturated rings. The Morgan fingerprint density at radius 1 is 1.29 bits per heavy atom. The van der Waals surface area contributed by atoms with E-state index < -0.39 is 0 Å². The molecule has 0 bridgehead atoms. The molecule has 0 aliphatic heterocycles. The predicted molar refractivity (Wildman–Crippen MR) is 65.2 cm³/mol. The van der Waals surface area contributed by atoms with E-state index in [1.165, 1.54) is 29.5 Å². The molecule has 2 rings (SSSR count). The Morgan fingerprint density at radius 3 is 2.50 bits per heavy atom. The molecule has 1 unspecified atom stereocenters. The molecule has 0 saturated heterocycles. The summed E-state index contributed by atoms with van der Waals surface area (Å²) in [5.74, 6) is 1.69. The molecule has 0 spiro atoms. The summed E-state index contributed by atoms with van der Waals surface area (Å²) in [4.78, 5) is 0. The number of rotatable bonds is 3. The first kappa shape index (κ1) is 10.2. The lowest BCUT2D eigenvalue weighted by atomic mass is 9.93. The third-order valence-electron chi connectivity index (χ3n) is 3.32. The van der Waals surface area contributed by atoms with Crippen LogP contribution in [0.2, 0.25) is 0 Å². The van der Waals surface area contributed by atoms with Crippen molar-refractivity contribution in [1.29, 1.82) is 0 Å². The van der Waals surface area contributed by atoms with E-state index in [0.29, 0.717) is 0 Å². The Hall–Kier alpha value is -0.300. The summed E-state index contributed by atoms with van der Waals surface area (Å²) in [6, 6.07) is 6.91. The van der Waals surface area contributed by atoms with Gasteiger partial charge in [-0.25, -0.2) is 0 Å². The summed E-state index contributed by atoms with van der Waals surface area (Å²) < 4.78 is 0. The molecule has 0 nitrogen and oxygen atoms in total. The molecule has 0 amide bonds. The van der Waals surface area contributed by atoms with Crippen molar-refractivity contribution in [2.75, 3.05) is 5.33 Å². The maximum Gasteiger partial charge on any atom is 0.0103 e. The third kappa shape index (κ3) is 2.03. The summed E-state index contributed by atoms with van der Waals surface area (Å²) >= 11 is 3.64. The Morgan fingerprint density at radius 2 is 2.00 bits per heavy atom. The molecule has 14 heavy (non-hydrogen) atoms. The van der Waals surface area contributed by atoms with Crippen LogP contribution in [-0.4, -0.2) is 5.33 Å². The van der Waals surface area contributed by atoms with Gasteiger partial charge in [0.15, 0.2) is 0 Å². The van der Waals surface area contributed by atoms with E-state index >= 15 is 0 Å². The number of hydrogen-bond donors (Lipinski definition) is 0. The minimum absolute atomic E-state index is 0.745. The van der Waals surface area contributed by atoms with Crippen LogP contribution in [0, 0.1) is 19.8 Å². The van der Waals surface area contributed by atoms with Crippen LogP contribution in [0.25, 0.3) is 0 Å². The van der Waals surface area contributed by atoms with Gasteiger partial charge in [-0.05, 0) is 55.2 Å². The second kappa shape index (κ2) is 4.06. The highest BCUT2D eigenvalue weighted by Gasteiger charge is 2.31. The molecule has 1 aliphatic rings. The van der Waals surface area contributed by atoms with E-state index in [-0.39, 0.29) is 0 Å². The first-order valence-corrected chi connectivity index (χ1v) is 6.47. The van der Waals surface area contributed by atoms with Gasteiger partial charge in [0.05, 0.1) is 0 Å². The van der Waals surface area contributed by atoms with Crippen molar-refractivity contribution in [3.8, 4) is 0 Å². The standard InChI is InChI=1S/C13H17Br/c1-9-3-4-12(7-10(9)2)13(8-14)11-5-6-11/h3-4,7,11,13H,5-6,8H2,1-2H3. The van der Waals surface area contributed by atoms with Crippen LogP contribution >= 0.6 is 15.9 Å². The summed E-state index contributed by atoms with van der Waals surface area (Å²) in [6.07, 6.45) is 2.84. The van der Waals surface area contributed by atoms with Crippen LogP contribution in [-0.2, 0) is 0 Å². The second-order valence-electron chi connectivity index (χ2n) is 4.44. The Labute approximate surface area is 94.8 Å². The fourth-order valence-corrected chi connectivity index (χ4v) is 2.88. The zero-order chi connectivity index (χ0) is 10.1. The summed E-state index contributed by atoms with van der Waals surface area (Å²) in [5, 5.41) is 1.11. The van der Waals surface area contributed by atoms with Gasteiger partial charge >= 0.3 is 0 Å². The molecule has 0 heterocycles. The zero-order valence-corrected chi connectivity index (χ0v) is 10.5. The first-order chi connectivity index (χ1) is 6.72. The van der Waals surface area contributed by atoms with E-state index in [0.717, 1.165) is 17.2 Å². The van der Waals surface area contributed by atoms with Crippen molar-refractivity contribution >= 4 is 15.9 Å². The topological polar surface area (TPSA) is 0 Å². The lowest BCUT2D eigenvalue weighted by Crippen LogP contribution is -2.03. The van der Waals surface area contributed by atoms with Crippen LogP contribution in [0.5, 0.6) is 0 Å². The first-order valence-electron chi connectivity index (χ1n) is 5.35. The fraction of sp³-hybridized carbons (Fsp3) is 0.538. The minimum Gasteiger partial charge on any atom is -0.0921 e.